The third kappa shape index (κ3) is 2.86. The molecule has 142 valence electrons. The van der Waals surface area contributed by atoms with E-state index in [1.165, 1.54) is 6.33 Å². The van der Waals surface area contributed by atoms with E-state index < -0.39 is 17.9 Å². The molecule has 0 spiro atoms. The lowest BCUT2D eigenvalue weighted by molar-refractivity contribution is -0.139. The Morgan fingerprint density at radius 2 is 1.66 bits per heavy atom. The zero-order valence-corrected chi connectivity index (χ0v) is 15.3. The van der Waals surface area contributed by atoms with Crippen molar-refractivity contribution in [2.24, 2.45) is 0 Å². The smallest absolute Gasteiger partial charge is 0.326 e. The van der Waals surface area contributed by atoms with Crippen molar-refractivity contribution in [3.05, 3.63) is 78.4 Å². The molecule has 5 aromatic rings. The van der Waals surface area contributed by atoms with Crippen molar-refractivity contribution < 1.29 is 14.7 Å². The van der Waals surface area contributed by atoms with Crippen molar-refractivity contribution in [1.82, 2.24) is 15.3 Å². The number of aromatic nitrogens is 2. The van der Waals surface area contributed by atoms with Crippen molar-refractivity contribution in [3.8, 4) is 0 Å². The number of H-pyrrole nitrogens is 1. The van der Waals surface area contributed by atoms with Gasteiger partial charge in [0.2, 0.25) is 0 Å². The maximum absolute atomic E-state index is 13.0. The quantitative estimate of drug-likeness (QED) is 0.403. The van der Waals surface area contributed by atoms with Crippen LogP contribution in [-0.4, -0.2) is 33.0 Å². The summed E-state index contributed by atoms with van der Waals surface area (Å²) in [7, 11) is 0. The number of nitrogens with zero attached hydrogens (tertiary/aromatic N) is 1. The second kappa shape index (κ2) is 6.60. The van der Waals surface area contributed by atoms with E-state index in [1.807, 2.05) is 30.3 Å². The molecule has 1 atom stereocenters. The second-order valence-corrected chi connectivity index (χ2v) is 7.11. The second-order valence-electron chi connectivity index (χ2n) is 7.11. The highest BCUT2D eigenvalue weighted by Gasteiger charge is 2.23. The number of aliphatic carboxylic acids is 1. The van der Waals surface area contributed by atoms with E-state index in [9.17, 15) is 14.7 Å². The third-order valence-electron chi connectivity index (χ3n) is 5.36. The molecule has 0 saturated heterocycles. The Morgan fingerprint density at radius 1 is 0.966 bits per heavy atom. The van der Waals surface area contributed by atoms with E-state index in [1.54, 1.807) is 12.3 Å². The van der Waals surface area contributed by atoms with Gasteiger partial charge in [0.1, 0.15) is 6.04 Å². The average Bonchev–Trinajstić information content (AvgIpc) is 3.24. The molecule has 1 aromatic heterocycles. The number of aromatic amines is 1. The minimum Gasteiger partial charge on any atom is -0.480 e. The van der Waals surface area contributed by atoms with Gasteiger partial charge in [-0.05, 0) is 38.4 Å². The van der Waals surface area contributed by atoms with Crippen LogP contribution in [0.5, 0.6) is 0 Å². The molecule has 4 aromatic carbocycles. The summed E-state index contributed by atoms with van der Waals surface area (Å²) in [5.41, 5.74) is 1.11. The molecule has 0 aliphatic heterocycles. The molecule has 0 aliphatic carbocycles. The van der Waals surface area contributed by atoms with Crippen LogP contribution in [0.4, 0.5) is 0 Å². The van der Waals surface area contributed by atoms with E-state index in [2.05, 4.69) is 33.5 Å². The molecule has 29 heavy (non-hydrogen) atoms. The van der Waals surface area contributed by atoms with Gasteiger partial charge in [-0.25, -0.2) is 9.78 Å². The standard InChI is InChI=1S/C23H17N3O3/c27-22(26-19(23(28)29)10-16-11-24-12-25-16)18-9-7-15-5-4-13-2-1-3-14-6-8-17(18)21(15)20(13)14/h1-9,11-12,19H,10H2,(H,24,25)(H,26,27)(H,28,29)/t19-/m0/s1. The van der Waals surface area contributed by atoms with E-state index in [4.69, 9.17) is 0 Å². The molecule has 0 bridgehead atoms. The van der Waals surface area contributed by atoms with Gasteiger partial charge in [0.15, 0.2) is 0 Å². The summed E-state index contributed by atoms with van der Waals surface area (Å²) in [5.74, 6) is -1.50. The molecular weight excluding hydrogens is 366 g/mol. The number of imidazole rings is 1. The Morgan fingerprint density at radius 3 is 2.34 bits per heavy atom. The summed E-state index contributed by atoms with van der Waals surface area (Å²) in [5, 5.41) is 18.4. The number of carbonyl (C=O) groups is 2. The van der Waals surface area contributed by atoms with Gasteiger partial charge in [0.05, 0.1) is 6.33 Å². The first kappa shape index (κ1) is 17.2. The average molecular weight is 383 g/mol. The Kier molecular flexibility index (Phi) is 3.91. The first-order valence-electron chi connectivity index (χ1n) is 9.29. The molecule has 5 rings (SSSR count). The molecule has 0 unspecified atom stereocenters. The number of rotatable bonds is 5. The maximum atomic E-state index is 13.0. The lowest BCUT2D eigenvalue weighted by Crippen LogP contribution is -2.42. The number of nitrogens with one attached hydrogen (secondary N) is 2. The van der Waals surface area contributed by atoms with Crippen LogP contribution in [0.2, 0.25) is 0 Å². The fraction of sp³-hybridized carbons (Fsp3) is 0.0870. The molecule has 6 nitrogen and oxygen atoms in total. The molecule has 6 heteroatoms. The highest BCUT2D eigenvalue weighted by atomic mass is 16.4. The largest absolute Gasteiger partial charge is 0.480 e. The van der Waals surface area contributed by atoms with Crippen LogP contribution in [0.25, 0.3) is 32.3 Å². The summed E-state index contributed by atoms with van der Waals surface area (Å²) >= 11 is 0. The molecule has 0 radical (unpaired) electrons. The summed E-state index contributed by atoms with van der Waals surface area (Å²) in [4.78, 5) is 31.5. The predicted molar refractivity (Wildman–Crippen MR) is 111 cm³/mol. The number of carbonyl (C=O) groups excluding carboxylic acids is 1. The highest BCUT2D eigenvalue weighted by molar-refractivity contribution is 6.26. The Labute approximate surface area is 165 Å². The maximum Gasteiger partial charge on any atom is 0.326 e. The van der Waals surface area contributed by atoms with Gasteiger partial charge in [0.25, 0.3) is 5.91 Å². The van der Waals surface area contributed by atoms with Crippen molar-refractivity contribution in [3.63, 3.8) is 0 Å². The zero-order valence-electron chi connectivity index (χ0n) is 15.3. The van der Waals surface area contributed by atoms with Crippen LogP contribution in [0.1, 0.15) is 16.1 Å². The minimum absolute atomic E-state index is 0.132. The number of hydrogen-bond acceptors (Lipinski definition) is 3. The monoisotopic (exact) mass is 383 g/mol. The molecule has 0 aliphatic rings. The first-order chi connectivity index (χ1) is 14.1. The fourth-order valence-corrected chi connectivity index (χ4v) is 3.99. The number of carboxylic acid groups (broad SMARTS) is 1. The van der Waals surface area contributed by atoms with Gasteiger partial charge in [-0.3, -0.25) is 4.79 Å². The Balaban J connectivity index is 1.58. The van der Waals surface area contributed by atoms with Crippen LogP contribution in [0.3, 0.4) is 0 Å². The molecular formula is C23H17N3O3. The normalized spacial score (nSPS) is 12.6. The molecule has 1 amide bonds. The minimum atomic E-state index is -1.09. The van der Waals surface area contributed by atoms with Gasteiger partial charge in [-0.2, -0.15) is 0 Å². The van der Waals surface area contributed by atoms with Gasteiger partial charge >= 0.3 is 5.97 Å². The van der Waals surface area contributed by atoms with E-state index in [-0.39, 0.29) is 6.42 Å². The van der Waals surface area contributed by atoms with E-state index in [0.717, 1.165) is 32.3 Å². The van der Waals surface area contributed by atoms with E-state index in [0.29, 0.717) is 11.3 Å². The Hall–Kier alpha value is -3.93. The SMILES string of the molecule is O=C(N[C@@H](Cc1cnc[nH]1)C(=O)O)c1ccc2ccc3cccc4ccc1c2c34. The summed E-state index contributed by atoms with van der Waals surface area (Å²) in [6.07, 6.45) is 3.17. The number of benzene rings is 4. The van der Waals surface area contributed by atoms with Crippen LogP contribution >= 0.6 is 0 Å². The van der Waals surface area contributed by atoms with Gasteiger partial charge in [-0.1, -0.05) is 48.5 Å². The van der Waals surface area contributed by atoms with Crippen LogP contribution in [0, 0.1) is 0 Å². The molecule has 0 saturated carbocycles. The van der Waals surface area contributed by atoms with Crippen LogP contribution < -0.4 is 5.32 Å². The van der Waals surface area contributed by atoms with E-state index >= 15 is 0 Å². The lowest BCUT2D eigenvalue weighted by Gasteiger charge is -2.16. The fourth-order valence-electron chi connectivity index (χ4n) is 3.99. The highest BCUT2D eigenvalue weighted by Crippen LogP contribution is 2.35. The molecule has 3 N–H and O–H groups in total. The zero-order chi connectivity index (χ0) is 20.0. The van der Waals surface area contributed by atoms with Gasteiger partial charge in [0, 0.05) is 23.9 Å². The summed E-state index contributed by atoms with van der Waals surface area (Å²) in [6.45, 7) is 0. The van der Waals surface area contributed by atoms with Gasteiger partial charge in [-0.15, -0.1) is 0 Å². The first-order valence-corrected chi connectivity index (χ1v) is 9.29. The lowest BCUT2D eigenvalue weighted by atomic mass is 9.91. The van der Waals surface area contributed by atoms with Crippen molar-refractivity contribution in [1.29, 1.82) is 0 Å². The topological polar surface area (TPSA) is 95.1 Å². The third-order valence-corrected chi connectivity index (χ3v) is 5.36. The summed E-state index contributed by atoms with van der Waals surface area (Å²) in [6, 6.07) is 16.8. The summed E-state index contributed by atoms with van der Waals surface area (Å²) < 4.78 is 0. The van der Waals surface area contributed by atoms with Crippen molar-refractivity contribution >= 4 is 44.2 Å². The van der Waals surface area contributed by atoms with Crippen LogP contribution in [-0.2, 0) is 11.2 Å². The number of amides is 1. The molecule has 0 fully saturated rings. The number of carboxylic acids is 1. The number of hydrogen-bond donors (Lipinski definition) is 3. The predicted octanol–water partition coefficient (Wildman–Crippen LogP) is 3.73. The van der Waals surface area contributed by atoms with Gasteiger partial charge < -0.3 is 15.4 Å². The Bertz CT molecular complexity index is 1340. The van der Waals surface area contributed by atoms with Crippen molar-refractivity contribution in [2.45, 2.75) is 12.5 Å². The molecule has 1 heterocycles. The van der Waals surface area contributed by atoms with Crippen molar-refractivity contribution in [2.75, 3.05) is 0 Å². The van der Waals surface area contributed by atoms with Crippen LogP contribution in [0.15, 0.2) is 67.1 Å².